The lowest BCUT2D eigenvalue weighted by molar-refractivity contribution is 0.0711. The average molecular weight is 208 g/mol. The Hall–Kier alpha value is -0.340. The number of fused-ring (bicyclic) bond motifs is 1. The minimum Gasteiger partial charge on any atom is -0.327 e. The highest BCUT2D eigenvalue weighted by Gasteiger charge is 2.32. The van der Waals surface area contributed by atoms with E-state index in [1.165, 1.54) is 45.1 Å². The van der Waals surface area contributed by atoms with Crippen molar-refractivity contribution in [3.63, 3.8) is 0 Å². The molecule has 1 heterocycles. The standard InChI is InChI=1S/C13H24N2/c14-9-3-4-10-15-11-5-7-12-6-1-2-8-13(12)15/h3-4,12-13H,1-2,5-11,14H2/b4-3+/t12-,13-/m1/s1. The van der Waals surface area contributed by atoms with Gasteiger partial charge in [-0.2, -0.15) is 0 Å². The highest BCUT2D eigenvalue weighted by atomic mass is 15.2. The van der Waals surface area contributed by atoms with E-state index in [0.29, 0.717) is 6.54 Å². The number of hydrogen-bond acceptors (Lipinski definition) is 2. The molecule has 2 fully saturated rings. The molecule has 0 aromatic carbocycles. The van der Waals surface area contributed by atoms with E-state index < -0.39 is 0 Å². The molecule has 0 aromatic heterocycles. The third kappa shape index (κ3) is 2.82. The summed E-state index contributed by atoms with van der Waals surface area (Å²) in [6.45, 7) is 3.11. The van der Waals surface area contributed by atoms with Gasteiger partial charge in [0.05, 0.1) is 0 Å². The molecule has 1 aliphatic carbocycles. The van der Waals surface area contributed by atoms with Crippen LogP contribution in [0.2, 0.25) is 0 Å². The summed E-state index contributed by atoms with van der Waals surface area (Å²) in [5, 5.41) is 0. The van der Waals surface area contributed by atoms with E-state index in [9.17, 15) is 0 Å². The maximum absolute atomic E-state index is 5.47. The number of nitrogens with two attached hydrogens (primary N) is 1. The van der Waals surface area contributed by atoms with Gasteiger partial charge < -0.3 is 5.73 Å². The van der Waals surface area contributed by atoms with Crippen molar-refractivity contribution in [1.29, 1.82) is 0 Å². The molecule has 15 heavy (non-hydrogen) atoms. The second-order valence-electron chi connectivity index (χ2n) is 4.96. The third-order valence-electron chi connectivity index (χ3n) is 4.00. The first kappa shape index (κ1) is 11.2. The molecule has 1 aliphatic heterocycles. The summed E-state index contributed by atoms with van der Waals surface area (Å²) in [6.07, 6.45) is 13.0. The van der Waals surface area contributed by atoms with Gasteiger partial charge in [-0.15, -0.1) is 0 Å². The van der Waals surface area contributed by atoms with Gasteiger partial charge in [-0.1, -0.05) is 25.0 Å². The fourth-order valence-corrected chi connectivity index (χ4v) is 3.26. The summed E-state index contributed by atoms with van der Waals surface area (Å²) < 4.78 is 0. The van der Waals surface area contributed by atoms with Crippen LogP contribution >= 0.6 is 0 Å². The van der Waals surface area contributed by atoms with Gasteiger partial charge in [0.1, 0.15) is 0 Å². The van der Waals surface area contributed by atoms with Crippen molar-refractivity contribution in [2.75, 3.05) is 19.6 Å². The van der Waals surface area contributed by atoms with Crippen LogP contribution in [0, 0.1) is 5.92 Å². The van der Waals surface area contributed by atoms with E-state index in [1.54, 1.807) is 0 Å². The molecular weight excluding hydrogens is 184 g/mol. The van der Waals surface area contributed by atoms with Crippen LogP contribution in [0.3, 0.4) is 0 Å². The Bertz CT molecular complexity index is 211. The minimum absolute atomic E-state index is 0.682. The quantitative estimate of drug-likeness (QED) is 0.720. The Kier molecular flexibility index (Phi) is 4.21. The van der Waals surface area contributed by atoms with E-state index in [0.717, 1.165) is 18.5 Å². The smallest absolute Gasteiger partial charge is 0.0166 e. The Morgan fingerprint density at radius 2 is 1.87 bits per heavy atom. The Morgan fingerprint density at radius 1 is 1.07 bits per heavy atom. The van der Waals surface area contributed by atoms with Gasteiger partial charge in [-0.05, 0) is 38.1 Å². The molecule has 1 saturated carbocycles. The number of nitrogens with zero attached hydrogens (tertiary/aromatic N) is 1. The number of likely N-dealkylation sites (tertiary alicyclic amines) is 1. The predicted molar refractivity (Wildman–Crippen MR) is 64.7 cm³/mol. The zero-order valence-corrected chi connectivity index (χ0v) is 9.70. The summed E-state index contributed by atoms with van der Waals surface area (Å²) in [5.41, 5.74) is 5.47. The van der Waals surface area contributed by atoms with Crippen LogP contribution in [0.5, 0.6) is 0 Å². The molecule has 0 spiro atoms. The molecule has 86 valence electrons. The monoisotopic (exact) mass is 208 g/mol. The van der Waals surface area contributed by atoms with Crippen molar-refractivity contribution in [1.82, 2.24) is 4.90 Å². The fourth-order valence-electron chi connectivity index (χ4n) is 3.26. The molecule has 0 aromatic rings. The van der Waals surface area contributed by atoms with Gasteiger partial charge in [-0.3, -0.25) is 4.90 Å². The van der Waals surface area contributed by atoms with Crippen molar-refractivity contribution in [2.24, 2.45) is 11.7 Å². The molecule has 0 radical (unpaired) electrons. The first-order valence-corrected chi connectivity index (χ1v) is 6.51. The van der Waals surface area contributed by atoms with Gasteiger partial charge in [0.25, 0.3) is 0 Å². The van der Waals surface area contributed by atoms with Crippen LogP contribution in [0.25, 0.3) is 0 Å². The van der Waals surface area contributed by atoms with Crippen LogP contribution < -0.4 is 5.73 Å². The van der Waals surface area contributed by atoms with Gasteiger partial charge in [0.2, 0.25) is 0 Å². The molecule has 1 saturated heterocycles. The van der Waals surface area contributed by atoms with Gasteiger partial charge in [0, 0.05) is 19.1 Å². The normalized spacial score (nSPS) is 33.1. The summed E-state index contributed by atoms with van der Waals surface area (Å²) in [6, 6.07) is 0.884. The lowest BCUT2D eigenvalue weighted by Gasteiger charge is -2.43. The lowest BCUT2D eigenvalue weighted by Crippen LogP contribution is -2.46. The van der Waals surface area contributed by atoms with Crippen LogP contribution in [-0.2, 0) is 0 Å². The van der Waals surface area contributed by atoms with E-state index in [2.05, 4.69) is 17.1 Å². The van der Waals surface area contributed by atoms with Gasteiger partial charge in [0.15, 0.2) is 0 Å². The first-order chi connectivity index (χ1) is 7.42. The predicted octanol–water partition coefficient (Wildman–Crippen LogP) is 2.16. The number of hydrogen-bond donors (Lipinski definition) is 1. The Balaban J connectivity index is 1.88. The van der Waals surface area contributed by atoms with E-state index in [4.69, 9.17) is 5.73 Å². The zero-order chi connectivity index (χ0) is 10.5. The van der Waals surface area contributed by atoms with Crippen molar-refractivity contribution < 1.29 is 0 Å². The summed E-state index contributed by atoms with van der Waals surface area (Å²) >= 11 is 0. The Labute approximate surface area is 93.5 Å². The third-order valence-corrected chi connectivity index (χ3v) is 4.00. The molecule has 0 unspecified atom stereocenters. The van der Waals surface area contributed by atoms with Crippen molar-refractivity contribution >= 4 is 0 Å². The number of piperidine rings is 1. The van der Waals surface area contributed by atoms with Crippen LogP contribution in [0.15, 0.2) is 12.2 Å². The molecule has 2 atom stereocenters. The van der Waals surface area contributed by atoms with E-state index in [-0.39, 0.29) is 0 Å². The van der Waals surface area contributed by atoms with Crippen LogP contribution in [0.4, 0.5) is 0 Å². The molecule has 2 rings (SSSR count). The molecule has 2 heteroatoms. The summed E-state index contributed by atoms with van der Waals surface area (Å²) in [7, 11) is 0. The summed E-state index contributed by atoms with van der Waals surface area (Å²) in [5.74, 6) is 0.999. The van der Waals surface area contributed by atoms with E-state index >= 15 is 0 Å². The van der Waals surface area contributed by atoms with Crippen LogP contribution in [0.1, 0.15) is 38.5 Å². The van der Waals surface area contributed by atoms with E-state index in [1.807, 2.05) is 0 Å². The lowest BCUT2D eigenvalue weighted by atomic mass is 9.78. The van der Waals surface area contributed by atoms with Crippen molar-refractivity contribution in [3.8, 4) is 0 Å². The SMILES string of the molecule is NC/C=C/CN1CCC[C@H]2CCCC[C@H]21. The molecule has 2 aliphatic rings. The fraction of sp³-hybridized carbons (Fsp3) is 0.846. The van der Waals surface area contributed by atoms with Crippen molar-refractivity contribution in [2.45, 2.75) is 44.6 Å². The maximum Gasteiger partial charge on any atom is 0.0166 e. The topological polar surface area (TPSA) is 29.3 Å². The van der Waals surface area contributed by atoms with Crippen LogP contribution in [-0.4, -0.2) is 30.6 Å². The molecule has 2 nitrogen and oxygen atoms in total. The minimum atomic E-state index is 0.682. The summed E-state index contributed by atoms with van der Waals surface area (Å²) in [4.78, 5) is 2.68. The molecule has 2 N–H and O–H groups in total. The zero-order valence-electron chi connectivity index (χ0n) is 9.70. The second-order valence-corrected chi connectivity index (χ2v) is 4.96. The highest BCUT2D eigenvalue weighted by molar-refractivity contribution is 4.92. The molecule has 0 bridgehead atoms. The second kappa shape index (κ2) is 5.66. The highest BCUT2D eigenvalue weighted by Crippen LogP contribution is 2.34. The maximum atomic E-state index is 5.47. The average Bonchev–Trinajstić information content (AvgIpc) is 2.30. The molecule has 0 amide bonds. The Morgan fingerprint density at radius 3 is 2.73 bits per heavy atom. The van der Waals surface area contributed by atoms with Crippen molar-refractivity contribution in [3.05, 3.63) is 12.2 Å². The van der Waals surface area contributed by atoms with Gasteiger partial charge >= 0.3 is 0 Å². The number of rotatable bonds is 3. The first-order valence-electron chi connectivity index (χ1n) is 6.51. The van der Waals surface area contributed by atoms with Gasteiger partial charge in [-0.25, -0.2) is 0 Å². The largest absolute Gasteiger partial charge is 0.327 e. The molecular formula is C13H24N2.